The Kier molecular flexibility index (Phi) is 4.70. The summed E-state index contributed by atoms with van der Waals surface area (Å²) < 4.78 is 1.10. The lowest BCUT2D eigenvalue weighted by Gasteiger charge is -2.06. The molecule has 3 heterocycles. The van der Waals surface area contributed by atoms with E-state index in [9.17, 15) is 9.59 Å². The van der Waals surface area contributed by atoms with Gasteiger partial charge in [-0.05, 0) is 18.2 Å². The molecule has 9 nitrogen and oxygen atoms in total. The molecule has 0 radical (unpaired) electrons. The maximum atomic E-state index is 12.3. The van der Waals surface area contributed by atoms with Crippen LogP contribution in [0.25, 0.3) is 22.8 Å². The van der Waals surface area contributed by atoms with E-state index < -0.39 is 5.91 Å². The Balaban J connectivity index is 1.49. The van der Waals surface area contributed by atoms with Crippen LogP contribution in [0.5, 0.6) is 0 Å². The average molecular weight is 373 g/mol. The minimum absolute atomic E-state index is 0.0953. The number of anilines is 1. The molecule has 0 bridgehead atoms. The molecule has 0 aliphatic carbocycles. The van der Waals surface area contributed by atoms with Crippen LogP contribution in [0, 0.1) is 0 Å². The number of carbonyl (C=O) groups is 1. The number of nitrogens with zero attached hydrogens (tertiary/aromatic N) is 5. The fourth-order valence-electron chi connectivity index (χ4n) is 2.56. The fraction of sp³-hybridized carbons (Fsp3) is 0.0526. The lowest BCUT2D eigenvalue weighted by molar-refractivity contribution is -0.117. The van der Waals surface area contributed by atoms with Gasteiger partial charge in [0, 0.05) is 17.8 Å². The Morgan fingerprint density at radius 1 is 1.00 bits per heavy atom. The zero-order valence-electron chi connectivity index (χ0n) is 14.6. The predicted molar refractivity (Wildman–Crippen MR) is 102 cm³/mol. The molecule has 0 spiro atoms. The first-order valence-corrected chi connectivity index (χ1v) is 8.46. The molecule has 2 N–H and O–H groups in total. The maximum Gasteiger partial charge on any atom is 0.267 e. The highest BCUT2D eigenvalue weighted by molar-refractivity contribution is 5.88. The van der Waals surface area contributed by atoms with E-state index in [0.29, 0.717) is 17.2 Å². The SMILES string of the molecule is O=C(Cn1nc(-c2ccccc2)ccc1=O)Nc1n[nH]c(-c2ccccn2)n1. The summed E-state index contributed by atoms with van der Waals surface area (Å²) in [5.41, 5.74) is 1.68. The van der Waals surface area contributed by atoms with E-state index in [1.54, 1.807) is 24.4 Å². The van der Waals surface area contributed by atoms with Gasteiger partial charge >= 0.3 is 0 Å². The first-order chi connectivity index (χ1) is 13.7. The van der Waals surface area contributed by atoms with Gasteiger partial charge in [-0.15, -0.1) is 5.10 Å². The smallest absolute Gasteiger partial charge is 0.267 e. The summed E-state index contributed by atoms with van der Waals surface area (Å²) in [5.74, 6) is 0.0570. The molecule has 0 aliphatic rings. The second-order valence-corrected chi connectivity index (χ2v) is 5.85. The van der Waals surface area contributed by atoms with Gasteiger partial charge in [0.25, 0.3) is 5.56 Å². The summed E-state index contributed by atoms with van der Waals surface area (Å²) in [4.78, 5) is 32.7. The molecule has 0 aliphatic heterocycles. The lowest BCUT2D eigenvalue weighted by Crippen LogP contribution is -2.29. The van der Waals surface area contributed by atoms with Crippen LogP contribution in [0.1, 0.15) is 0 Å². The van der Waals surface area contributed by atoms with Crippen molar-refractivity contribution >= 4 is 11.9 Å². The van der Waals surface area contributed by atoms with Crippen molar-refractivity contribution in [2.75, 3.05) is 5.32 Å². The third kappa shape index (κ3) is 3.83. The highest BCUT2D eigenvalue weighted by atomic mass is 16.2. The molecule has 138 valence electrons. The Morgan fingerprint density at radius 2 is 1.82 bits per heavy atom. The molecular formula is C19H15N7O2. The minimum atomic E-state index is -0.466. The number of aromatic nitrogens is 6. The van der Waals surface area contributed by atoms with Crippen LogP contribution in [-0.4, -0.2) is 35.9 Å². The lowest BCUT2D eigenvalue weighted by atomic mass is 10.1. The normalized spacial score (nSPS) is 10.6. The standard InChI is InChI=1S/C19H15N7O2/c27-16(21-19-22-18(23-24-19)15-8-4-5-11-20-15)12-26-17(28)10-9-14(25-26)13-6-2-1-3-7-13/h1-11H,12H2,(H2,21,22,23,24,27). The molecule has 9 heteroatoms. The van der Waals surface area contributed by atoms with E-state index in [0.717, 1.165) is 10.2 Å². The van der Waals surface area contributed by atoms with Crippen LogP contribution in [0.2, 0.25) is 0 Å². The Bertz CT molecular complexity index is 1150. The number of rotatable bonds is 5. The second kappa shape index (κ2) is 7.62. The molecule has 28 heavy (non-hydrogen) atoms. The van der Waals surface area contributed by atoms with Crippen LogP contribution >= 0.6 is 0 Å². The summed E-state index contributed by atoms with van der Waals surface area (Å²) in [6, 6.07) is 17.8. The van der Waals surface area contributed by atoms with Crippen molar-refractivity contribution in [1.82, 2.24) is 29.9 Å². The first-order valence-electron chi connectivity index (χ1n) is 8.46. The molecule has 1 aromatic carbocycles. The number of hydrogen-bond donors (Lipinski definition) is 2. The fourth-order valence-corrected chi connectivity index (χ4v) is 2.56. The van der Waals surface area contributed by atoms with Crippen molar-refractivity contribution in [2.45, 2.75) is 6.54 Å². The maximum absolute atomic E-state index is 12.3. The van der Waals surface area contributed by atoms with Gasteiger partial charge in [-0.3, -0.25) is 25.0 Å². The summed E-state index contributed by atoms with van der Waals surface area (Å²) >= 11 is 0. The van der Waals surface area contributed by atoms with Crippen LogP contribution in [0.3, 0.4) is 0 Å². The van der Waals surface area contributed by atoms with Crippen molar-refractivity contribution in [3.8, 4) is 22.8 Å². The third-order valence-corrected chi connectivity index (χ3v) is 3.87. The Hall–Kier alpha value is -4.14. The van der Waals surface area contributed by atoms with E-state index in [-0.39, 0.29) is 18.1 Å². The van der Waals surface area contributed by atoms with E-state index in [4.69, 9.17) is 0 Å². The summed E-state index contributed by atoms with van der Waals surface area (Å²) in [5, 5.41) is 13.5. The van der Waals surface area contributed by atoms with Crippen LogP contribution in [0.15, 0.2) is 71.7 Å². The number of pyridine rings is 1. The first kappa shape index (κ1) is 17.3. The monoisotopic (exact) mass is 373 g/mol. The molecule has 0 saturated carbocycles. The zero-order valence-corrected chi connectivity index (χ0v) is 14.6. The Labute approximate surface area is 159 Å². The molecule has 0 atom stereocenters. The molecule has 3 aromatic heterocycles. The summed E-state index contributed by atoms with van der Waals surface area (Å²) in [6.07, 6.45) is 1.63. The van der Waals surface area contributed by atoms with Crippen molar-refractivity contribution in [3.05, 3.63) is 77.2 Å². The average Bonchev–Trinajstić information content (AvgIpc) is 3.19. The highest BCUT2D eigenvalue weighted by Gasteiger charge is 2.12. The van der Waals surface area contributed by atoms with Crippen molar-refractivity contribution in [3.63, 3.8) is 0 Å². The van der Waals surface area contributed by atoms with E-state index in [2.05, 4.69) is 30.6 Å². The highest BCUT2D eigenvalue weighted by Crippen LogP contribution is 2.14. The van der Waals surface area contributed by atoms with E-state index in [1.165, 1.54) is 6.07 Å². The van der Waals surface area contributed by atoms with Crippen molar-refractivity contribution < 1.29 is 4.79 Å². The van der Waals surface area contributed by atoms with Gasteiger partial charge in [0.1, 0.15) is 12.2 Å². The van der Waals surface area contributed by atoms with E-state index >= 15 is 0 Å². The van der Waals surface area contributed by atoms with Crippen molar-refractivity contribution in [1.29, 1.82) is 0 Å². The summed E-state index contributed by atoms with van der Waals surface area (Å²) in [6.45, 7) is -0.257. The van der Waals surface area contributed by atoms with Crippen LogP contribution in [-0.2, 0) is 11.3 Å². The van der Waals surface area contributed by atoms with Crippen LogP contribution in [0.4, 0.5) is 5.95 Å². The zero-order chi connectivity index (χ0) is 19.3. The number of carbonyl (C=O) groups excluding carboxylic acids is 1. The topological polar surface area (TPSA) is 118 Å². The van der Waals surface area contributed by atoms with Gasteiger partial charge in [-0.25, -0.2) is 4.68 Å². The van der Waals surface area contributed by atoms with Crippen molar-refractivity contribution in [2.24, 2.45) is 0 Å². The third-order valence-electron chi connectivity index (χ3n) is 3.87. The predicted octanol–water partition coefficient (Wildman–Crippen LogP) is 1.73. The number of nitrogens with one attached hydrogen (secondary N) is 2. The summed E-state index contributed by atoms with van der Waals surface area (Å²) in [7, 11) is 0. The van der Waals surface area contributed by atoms with Crippen LogP contribution < -0.4 is 10.9 Å². The van der Waals surface area contributed by atoms with Gasteiger partial charge in [0.2, 0.25) is 11.9 Å². The number of hydrogen-bond acceptors (Lipinski definition) is 6. The van der Waals surface area contributed by atoms with Gasteiger partial charge in [-0.2, -0.15) is 10.1 Å². The van der Waals surface area contributed by atoms with Gasteiger partial charge in [-0.1, -0.05) is 36.4 Å². The largest absolute Gasteiger partial charge is 0.292 e. The van der Waals surface area contributed by atoms with Gasteiger partial charge < -0.3 is 0 Å². The number of H-pyrrole nitrogens is 1. The molecule has 1 amide bonds. The second-order valence-electron chi connectivity index (χ2n) is 5.85. The molecule has 0 fully saturated rings. The number of amides is 1. The molecule has 4 aromatic rings. The number of aromatic amines is 1. The van der Waals surface area contributed by atoms with E-state index in [1.807, 2.05) is 36.4 Å². The molecule has 0 saturated heterocycles. The molecule has 0 unspecified atom stereocenters. The minimum Gasteiger partial charge on any atom is -0.292 e. The quantitative estimate of drug-likeness (QED) is 0.550. The molecular weight excluding hydrogens is 358 g/mol. The Morgan fingerprint density at radius 3 is 2.61 bits per heavy atom. The van der Waals surface area contributed by atoms with Gasteiger partial charge in [0.15, 0.2) is 5.82 Å². The number of benzene rings is 1. The van der Waals surface area contributed by atoms with Gasteiger partial charge in [0.05, 0.1) is 5.69 Å². The molecule has 4 rings (SSSR count).